The van der Waals surface area contributed by atoms with Gasteiger partial charge in [0, 0.05) is 10.0 Å². The van der Waals surface area contributed by atoms with E-state index >= 15 is 0 Å². The molecular formula is C21H15Br2NO5S. The fourth-order valence-electron chi connectivity index (χ4n) is 2.74. The van der Waals surface area contributed by atoms with Gasteiger partial charge >= 0.3 is 10.1 Å². The minimum Gasteiger partial charge on any atom is -0.454 e. The van der Waals surface area contributed by atoms with Crippen LogP contribution in [0.2, 0.25) is 0 Å². The first-order valence-corrected chi connectivity index (χ1v) is 11.8. The molecule has 0 radical (unpaired) electrons. The van der Waals surface area contributed by atoms with Crippen molar-refractivity contribution in [2.75, 3.05) is 6.79 Å². The predicted molar refractivity (Wildman–Crippen MR) is 120 cm³/mol. The Morgan fingerprint density at radius 1 is 1.00 bits per heavy atom. The van der Waals surface area contributed by atoms with Gasteiger partial charge < -0.3 is 13.7 Å². The summed E-state index contributed by atoms with van der Waals surface area (Å²) in [4.78, 5) is 4.17. The molecule has 1 aliphatic heterocycles. The fourth-order valence-corrected chi connectivity index (χ4v) is 4.49. The third-order valence-electron chi connectivity index (χ3n) is 4.31. The van der Waals surface area contributed by atoms with E-state index in [1.807, 2.05) is 25.1 Å². The molecule has 0 saturated carbocycles. The van der Waals surface area contributed by atoms with Gasteiger partial charge in [-0.2, -0.15) is 8.42 Å². The highest BCUT2D eigenvalue weighted by molar-refractivity contribution is 9.10. The molecule has 0 fully saturated rings. The maximum Gasteiger partial charge on any atom is 0.339 e. The Labute approximate surface area is 190 Å². The molecule has 2 aromatic carbocycles. The predicted octanol–water partition coefficient (Wildman–Crippen LogP) is 5.58. The van der Waals surface area contributed by atoms with Crippen LogP contribution in [0.1, 0.15) is 16.7 Å². The lowest BCUT2D eigenvalue weighted by molar-refractivity contribution is 0.174. The molecule has 0 spiro atoms. The van der Waals surface area contributed by atoms with Gasteiger partial charge in [-0.05, 0) is 58.7 Å². The van der Waals surface area contributed by atoms with Crippen molar-refractivity contribution in [2.45, 2.75) is 11.8 Å². The minimum atomic E-state index is -4.00. The molecule has 3 aromatic rings. The molecule has 6 nitrogen and oxygen atoms in total. The van der Waals surface area contributed by atoms with E-state index < -0.39 is 10.1 Å². The molecule has 4 rings (SSSR count). The number of rotatable bonds is 5. The van der Waals surface area contributed by atoms with Crippen LogP contribution in [0.25, 0.3) is 12.2 Å². The van der Waals surface area contributed by atoms with Crippen molar-refractivity contribution in [1.29, 1.82) is 0 Å². The van der Waals surface area contributed by atoms with Crippen molar-refractivity contribution in [2.24, 2.45) is 0 Å². The molecule has 0 N–H and O–H groups in total. The number of aryl methyl sites for hydroxylation is 1. The normalized spacial score (nSPS) is 13.0. The lowest BCUT2D eigenvalue weighted by atomic mass is 10.1. The summed E-state index contributed by atoms with van der Waals surface area (Å²) in [6.07, 6.45) is 4.93. The third-order valence-corrected chi connectivity index (χ3v) is 6.68. The average molecular weight is 553 g/mol. The number of hydrogen-bond donors (Lipinski definition) is 0. The molecule has 0 aliphatic carbocycles. The fraction of sp³-hybridized carbons (Fsp3) is 0.0952. The highest BCUT2D eigenvalue weighted by Crippen LogP contribution is 2.38. The highest BCUT2D eigenvalue weighted by Gasteiger charge is 2.19. The van der Waals surface area contributed by atoms with Gasteiger partial charge in [0.15, 0.2) is 17.2 Å². The van der Waals surface area contributed by atoms with Crippen LogP contribution in [0.4, 0.5) is 0 Å². The number of ether oxygens (including phenoxy) is 2. The van der Waals surface area contributed by atoms with Crippen LogP contribution < -0.4 is 13.7 Å². The van der Waals surface area contributed by atoms with Gasteiger partial charge in [0.2, 0.25) is 6.79 Å². The van der Waals surface area contributed by atoms with E-state index in [-0.39, 0.29) is 17.4 Å². The van der Waals surface area contributed by atoms with Crippen molar-refractivity contribution in [1.82, 2.24) is 4.98 Å². The second-order valence-corrected chi connectivity index (χ2v) is 9.67. The molecule has 0 saturated heterocycles. The Kier molecular flexibility index (Phi) is 5.86. The maximum absolute atomic E-state index is 12.7. The number of halogens is 2. The van der Waals surface area contributed by atoms with Crippen LogP contribution in [0.5, 0.6) is 17.2 Å². The number of pyridine rings is 1. The monoisotopic (exact) mass is 551 g/mol. The topological polar surface area (TPSA) is 74.7 Å². The second kappa shape index (κ2) is 8.41. The Balaban J connectivity index is 1.66. The van der Waals surface area contributed by atoms with Gasteiger partial charge in [-0.1, -0.05) is 45.8 Å². The van der Waals surface area contributed by atoms with Gasteiger partial charge in [0.25, 0.3) is 0 Å². The summed E-state index contributed by atoms with van der Waals surface area (Å²) in [7, 11) is -4.00. The maximum atomic E-state index is 12.7. The smallest absolute Gasteiger partial charge is 0.339 e. The van der Waals surface area contributed by atoms with E-state index in [9.17, 15) is 8.42 Å². The van der Waals surface area contributed by atoms with Gasteiger partial charge in [-0.25, -0.2) is 4.98 Å². The van der Waals surface area contributed by atoms with Gasteiger partial charge in [0.05, 0.1) is 6.20 Å². The summed E-state index contributed by atoms with van der Waals surface area (Å²) >= 11 is 6.82. The Bertz CT molecular complexity index is 1240. The number of benzene rings is 2. The molecule has 1 aromatic heterocycles. The standard InChI is InChI=1S/C21H15Br2NO5S/c1-13-2-6-16(7-3-13)30(25,26)29-20-11-24-21(23)9-15(20)5-4-14-8-18-19(10-17(14)22)28-12-27-18/h2-11H,12H2,1H3/b5-4-. The van der Waals surface area contributed by atoms with Gasteiger partial charge in [-0.3, -0.25) is 0 Å². The molecule has 9 heteroatoms. The zero-order valence-electron chi connectivity index (χ0n) is 15.6. The summed E-state index contributed by atoms with van der Waals surface area (Å²) in [6.45, 7) is 2.06. The molecule has 0 unspecified atom stereocenters. The Morgan fingerprint density at radius 3 is 2.40 bits per heavy atom. The van der Waals surface area contributed by atoms with E-state index in [2.05, 4.69) is 36.8 Å². The second-order valence-electron chi connectivity index (χ2n) is 6.46. The minimum absolute atomic E-state index is 0.0736. The lowest BCUT2D eigenvalue weighted by Crippen LogP contribution is -2.10. The van der Waals surface area contributed by atoms with Crippen molar-refractivity contribution in [3.05, 3.63) is 74.4 Å². The average Bonchev–Trinajstić information content (AvgIpc) is 3.15. The van der Waals surface area contributed by atoms with E-state index in [0.29, 0.717) is 21.7 Å². The van der Waals surface area contributed by atoms with E-state index in [4.69, 9.17) is 13.7 Å². The summed E-state index contributed by atoms with van der Waals surface area (Å²) in [6, 6.07) is 11.8. The van der Waals surface area contributed by atoms with E-state index in [0.717, 1.165) is 15.6 Å². The summed E-state index contributed by atoms with van der Waals surface area (Å²) in [5, 5.41) is 0. The third kappa shape index (κ3) is 4.53. The van der Waals surface area contributed by atoms with E-state index in [1.54, 1.807) is 24.3 Å². The molecular weight excluding hydrogens is 538 g/mol. The lowest BCUT2D eigenvalue weighted by Gasteiger charge is -2.10. The quantitative estimate of drug-likeness (QED) is 0.304. The van der Waals surface area contributed by atoms with E-state index in [1.165, 1.54) is 18.3 Å². The van der Waals surface area contributed by atoms with Crippen molar-refractivity contribution < 1.29 is 22.1 Å². The summed E-state index contributed by atoms with van der Waals surface area (Å²) < 4.78 is 42.9. The van der Waals surface area contributed by atoms with Crippen LogP contribution in [0.15, 0.2) is 62.6 Å². The Hall–Kier alpha value is -2.36. The molecule has 1 aliphatic rings. The highest BCUT2D eigenvalue weighted by atomic mass is 79.9. The molecule has 2 heterocycles. The number of aromatic nitrogens is 1. The molecule has 30 heavy (non-hydrogen) atoms. The molecule has 0 atom stereocenters. The summed E-state index contributed by atoms with van der Waals surface area (Å²) in [5.41, 5.74) is 2.33. The number of fused-ring (bicyclic) bond motifs is 1. The zero-order chi connectivity index (χ0) is 21.3. The first-order chi connectivity index (χ1) is 14.3. The number of nitrogens with zero attached hydrogens (tertiary/aromatic N) is 1. The van der Waals surface area contributed by atoms with Crippen LogP contribution in [0.3, 0.4) is 0 Å². The van der Waals surface area contributed by atoms with Crippen LogP contribution in [-0.2, 0) is 10.1 Å². The SMILES string of the molecule is Cc1ccc(S(=O)(=O)Oc2cnc(Br)cc2/C=C\c2cc3c(cc2Br)OCO3)cc1. The Morgan fingerprint density at radius 2 is 1.67 bits per heavy atom. The van der Waals surface area contributed by atoms with Crippen molar-refractivity contribution in [3.8, 4) is 17.2 Å². The number of hydrogen-bond acceptors (Lipinski definition) is 6. The summed E-state index contributed by atoms with van der Waals surface area (Å²) in [5.74, 6) is 1.43. The zero-order valence-corrected chi connectivity index (χ0v) is 19.6. The molecule has 154 valence electrons. The first-order valence-electron chi connectivity index (χ1n) is 8.76. The van der Waals surface area contributed by atoms with Gasteiger partial charge in [-0.15, -0.1) is 0 Å². The molecule has 0 amide bonds. The van der Waals surface area contributed by atoms with Crippen molar-refractivity contribution >= 4 is 54.1 Å². The largest absolute Gasteiger partial charge is 0.454 e. The first kappa shape index (κ1) is 20.9. The van der Waals surface area contributed by atoms with Crippen LogP contribution in [-0.4, -0.2) is 20.2 Å². The molecule has 0 bridgehead atoms. The van der Waals surface area contributed by atoms with Crippen molar-refractivity contribution in [3.63, 3.8) is 0 Å². The van der Waals surface area contributed by atoms with Crippen LogP contribution in [0, 0.1) is 6.92 Å². The van der Waals surface area contributed by atoms with Gasteiger partial charge in [0.1, 0.15) is 9.50 Å². The van der Waals surface area contributed by atoms with Crippen LogP contribution >= 0.6 is 31.9 Å².